The number of hydrogen-bond acceptors (Lipinski definition) is 3. The van der Waals surface area contributed by atoms with Crippen molar-refractivity contribution in [1.29, 1.82) is 0 Å². The summed E-state index contributed by atoms with van der Waals surface area (Å²) in [5.41, 5.74) is 1.08. The number of hydrogen-bond donors (Lipinski definition) is 1. The van der Waals surface area contributed by atoms with Crippen molar-refractivity contribution in [3.05, 3.63) is 42.5 Å². The van der Waals surface area contributed by atoms with Gasteiger partial charge in [-0.1, -0.05) is 6.07 Å². The molecule has 0 unspecified atom stereocenters. The van der Waals surface area contributed by atoms with E-state index in [9.17, 15) is 5.11 Å². The molecule has 0 amide bonds. The van der Waals surface area contributed by atoms with E-state index in [0.717, 1.165) is 18.5 Å². The van der Waals surface area contributed by atoms with Crippen molar-refractivity contribution < 1.29 is 53.9 Å². The molecule has 5 heteroatoms. The topological polar surface area (TPSA) is 47.3 Å². The van der Waals surface area contributed by atoms with Crippen LogP contribution in [-0.2, 0) is 13.5 Å². The quantitative estimate of drug-likeness (QED) is 0.698. The van der Waals surface area contributed by atoms with Crippen LogP contribution < -0.4 is 4.74 Å². The Labute approximate surface area is 143 Å². The minimum Gasteiger partial charge on any atom is -0.508 e. The largest absolute Gasteiger partial charge is 0.508 e. The van der Waals surface area contributed by atoms with Crippen LogP contribution in [0.5, 0.6) is 11.5 Å². The summed E-state index contributed by atoms with van der Waals surface area (Å²) in [5.74, 6) is 0.929. The van der Waals surface area contributed by atoms with E-state index >= 15 is 0 Å². The van der Waals surface area contributed by atoms with Crippen LogP contribution in [0.3, 0.4) is 0 Å². The first-order valence-electron chi connectivity index (χ1n) is 5.63. The molecule has 0 atom stereocenters. The molecule has 18 heavy (non-hydrogen) atoms. The van der Waals surface area contributed by atoms with Crippen molar-refractivity contribution in [3.63, 3.8) is 0 Å². The summed E-state index contributed by atoms with van der Waals surface area (Å²) < 4.78 is 7.46. The first-order chi connectivity index (χ1) is 8.24. The number of benzene rings is 1. The average Bonchev–Trinajstić information content (AvgIpc) is 2.71. The van der Waals surface area contributed by atoms with E-state index in [1.54, 1.807) is 24.5 Å². The zero-order chi connectivity index (χ0) is 12.1. The van der Waals surface area contributed by atoms with E-state index in [1.165, 1.54) is 0 Å². The van der Waals surface area contributed by atoms with Crippen molar-refractivity contribution in [2.75, 3.05) is 6.61 Å². The molecule has 0 aliphatic heterocycles. The molecule has 0 aliphatic carbocycles. The third-order valence-corrected chi connectivity index (χ3v) is 2.42. The van der Waals surface area contributed by atoms with Crippen LogP contribution in [0, 0.1) is 44.1 Å². The van der Waals surface area contributed by atoms with Crippen LogP contribution >= 0.6 is 0 Å². The van der Waals surface area contributed by atoms with Crippen molar-refractivity contribution in [1.82, 2.24) is 9.55 Å². The van der Waals surface area contributed by atoms with Crippen molar-refractivity contribution in [2.45, 2.75) is 12.8 Å². The number of rotatable bonds is 5. The van der Waals surface area contributed by atoms with E-state index in [1.807, 2.05) is 23.9 Å². The normalized spacial score (nSPS) is 9.83. The van der Waals surface area contributed by atoms with Crippen molar-refractivity contribution in [2.24, 2.45) is 7.05 Å². The fourth-order valence-corrected chi connectivity index (χ4v) is 1.61. The number of ether oxygens (including phenoxy) is 1. The van der Waals surface area contributed by atoms with Gasteiger partial charge in [0.1, 0.15) is 11.5 Å². The van der Waals surface area contributed by atoms with Crippen LogP contribution in [0.25, 0.3) is 0 Å². The molecule has 0 saturated carbocycles. The van der Waals surface area contributed by atoms with E-state index in [2.05, 4.69) is 4.98 Å². The molecule has 0 aliphatic rings. The van der Waals surface area contributed by atoms with Gasteiger partial charge in [-0.2, -0.15) is 0 Å². The van der Waals surface area contributed by atoms with Crippen molar-refractivity contribution in [3.8, 4) is 11.5 Å². The molecule has 2 rings (SSSR count). The SMILES string of the molecule is Cn1cnc(CCCOc2cccc(O)c2)c1.[Ac]. The van der Waals surface area contributed by atoms with Gasteiger partial charge in [-0.05, 0) is 25.0 Å². The summed E-state index contributed by atoms with van der Waals surface area (Å²) in [6, 6.07) is 6.84. The molecule has 1 radical (unpaired) electrons. The first kappa shape index (κ1) is 15.5. The van der Waals surface area contributed by atoms with E-state index in [-0.39, 0.29) is 49.8 Å². The van der Waals surface area contributed by atoms with Crippen LogP contribution in [0.4, 0.5) is 0 Å². The molecule has 0 bridgehead atoms. The van der Waals surface area contributed by atoms with Gasteiger partial charge in [0.15, 0.2) is 0 Å². The smallest absolute Gasteiger partial charge is 0.122 e. The second-order valence-corrected chi connectivity index (χ2v) is 3.98. The number of aromatic hydroxyl groups is 1. The van der Waals surface area contributed by atoms with Gasteiger partial charge in [-0.15, -0.1) is 0 Å². The fourth-order valence-electron chi connectivity index (χ4n) is 1.61. The minimum atomic E-state index is 0. The molecule has 0 fully saturated rings. The van der Waals surface area contributed by atoms with Gasteiger partial charge in [0.05, 0.1) is 18.6 Å². The number of phenols is 1. The maximum absolute atomic E-state index is 9.26. The Kier molecular flexibility index (Phi) is 6.74. The maximum atomic E-state index is 9.26. The summed E-state index contributed by atoms with van der Waals surface area (Å²) in [7, 11) is 1.96. The van der Waals surface area contributed by atoms with Gasteiger partial charge >= 0.3 is 0 Å². The van der Waals surface area contributed by atoms with Crippen LogP contribution in [0.2, 0.25) is 0 Å². The van der Waals surface area contributed by atoms with E-state index in [4.69, 9.17) is 4.74 Å². The predicted octanol–water partition coefficient (Wildman–Crippen LogP) is 2.14. The molecule has 2 aromatic rings. The van der Waals surface area contributed by atoms with E-state index in [0.29, 0.717) is 12.4 Å². The Morgan fingerprint density at radius 2 is 2.22 bits per heavy atom. The van der Waals surface area contributed by atoms with Gasteiger partial charge in [-0.25, -0.2) is 4.98 Å². The van der Waals surface area contributed by atoms with Gasteiger partial charge in [0, 0.05) is 63.4 Å². The third kappa shape index (κ3) is 4.99. The molecule has 0 saturated heterocycles. The van der Waals surface area contributed by atoms with Gasteiger partial charge in [0.2, 0.25) is 0 Å². The summed E-state index contributed by atoms with van der Waals surface area (Å²) in [4.78, 5) is 4.24. The molecule has 1 N–H and O–H groups in total. The second kappa shape index (κ2) is 7.81. The Morgan fingerprint density at radius 3 is 2.89 bits per heavy atom. The van der Waals surface area contributed by atoms with Crippen LogP contribution in [-0.4, -0.2) is 21.3 Å². The number of aromatic nitrogens is 2. The molecular weight excluding hydrogens is 443 g/mol. The number of phenolic OH excluding ortho intramolecular Hbond substituents is 1. The molecule has 93 valence electrons. The molecular formula is C13H16AcN2O2. The van der Waals surface area contributed by atoms with Gasteiger partial charge < -0.3 is 14.4 Å². The van der Waals surface area contributed by atoms with Gasteiger partial charge in [-0.3, -0.25) is 0 Å². The van der Waals surface area contributed by atoms with Crippen LogP contribution in [0.1, 0.15) is 12.1 Å². The standard InChI is InChI=1S/C13H16N2O2.Ac/c1-15-9-11(14-10-15)4-3-7-17-13-6-2-5-12(16)8-13;/h2,5-6,8-10,16H,3-4,7H2,1H3;. The first-order valence-corrected chi connectivity index (χ1v) is 5.63. The summed E-state index contributed by atoms with van der Waals surface area (Å²) in [5, 5.41) is 9.26. The van der Waals surface area contributed by atoms with Crippen LogP contribution in [0.15, 0.2) is 36.8 Å². The predicted molar refractivity (Wildman–Crippen MR) is 65.1 cm³/mol. The van der Waals surface area contributed by atoms with Gasteiger partial charge in [0.25, 0.3) is 0 Å². The second-order valence-electron chi connectivity index (χ2n) is 3.98. The van der Waals surface area contributed by atoms with E-state index < -0.39 is 0 Å². The Morgan fingerprint density at radius 1 is 1.39 bits per heavy atom. The Hall–Kier alpha value is -0.528. The summed E-state index contributed by atoms with van der Waals surface area (Å²) >= 11 is 0. The Balaban J connectivity index is 0.00000162. The zero-order valence-electron chi connectivity index (χ0n) is 10.4. The average molecular weight is 459 g/mol. The molecule has 4 nitrogen and oxygen atoms in total. The molecule has 0 spiro atoms. The number of nitrogens with zero attached hydrogens (tertiary/aromatic N) is 2. The molecule has 1 aromatic heterocycles. The number of imidazole rings is 1. The summed E-state index contributed by atoms with van der Waals surface area (Å²) in [6.07, 6.45) is 5.62. The fraction of sp³-hybridized carbons (Fsp3) is 0.308. The minimum absolute atomic E-state index is 0. The zero-order valence-corrected chi connectivity index (χ0v) is 15.2. The monoisotopic (exact) mass is 459 g/mol. The van der Waals surface area contributed by atoms with Crippen molar-refractivity contribution >= 4 is 0 Å². The summed E-state index contributed by atoms with van der Waals surface area (Å²) in [6.45, 7) is 0.625. The number of aryl methyl sites for hydroxylation is 2. The maximum Gasteiger partial charge on any atom is 0.122 e. The molecule has 1 aromatic carbocycles. The third-order valence-electron chi connectivity index (χ3n) is 2.42. The molecule has 1 heterocycles. The Bertz CT molecular complexity index is 485.